The van der Waals surface area contributed by atoms with Crippen LogP contribution in [0.1, 0.15) is 50.2 Å². The van der Waals surface area contributed by atoms with Crippen LogP contribution in [0.15, 0.2) is 52.9 Å². The van der Waals surface area contributed by atoms with Gasteiger partial charge in [-0.3, -0.25) is 4.79 Å². The smallest absolute Gasteiger partial charge is 0.317 e. The fraction of sp³-hybridized carbons (Fsp3) is 0.318. The van der Waals surface area contributed by atoms with Crippen molar-refractivity contribution >= 4 is 5.97 Å². The van der Waals surface area contributed by atoms with Crippen LogP contribution in [0.25, 0.3) is 11.5 Å². The lowest BCUT2D eigenvalue weighted by atomic mass is 9.79. The van der Waals surface area contributed by atoms with Crippen molar-refractivity contribution in [1.82, 2.24) is 10.2 Å². The molecule has 0 amide bonds. The molecule has 5 nitrogen and oxygen atoms in total. The second kappa shape index (κ2) is 7.73. The number of halogens is 2. The second-order valence-corrected chi connectivity index (χ2v) is 7.30. The van der Waals surface area contributed by atoms with Gasteiger partial charge in [0.25, 0.3) is 5.89 Å². The van der Waals surface area contributed by atoms with Gasteiger partial charge in [0.2, 0.25) is 5.89 Å². The predicted molar refractivity (Wildman–Crippen MR) is 101 cm³/mol. The van der Waals surface area contributed by atoms with Gasteiger partial charge < -0.3 is 9.15 Å². The Hall–Kier alpha value is -3.09. The van der Waals surface area contributed by atoms with Gasteiger partial charge in [0.1, 0.15) is 11.6 Å². The van der Waals surface area contributed by atoms with Crippen LogP contribution in [0.4, 0.5) is 8.78 Å². The number of hydrogen-bond donors (Lipinski definition) is 0. The van der Waals surface area contributed by atoms with E-state index >= 15 is 0 Å². The van der Waals surface area contributed by atoms with Gasteiger partial charge >= 0.3 is 5.97 Å². The van der Waals surface area contributed by atoms with E-state index in [-0.39, 0.29) is 29.4 Å². The van der Waals surface area contributed by atoms with Crippen LogP contribution >= 0.6 is 0 Å². The molecule has 3 aromatic rings. The standard InChI is InChI=1S/C22H20F2N2O3/c1-14(19-25-26-20(29-19)15-4-8-17(23)9-5-15)28-21(27)22(12-2-3-13-22)16-6-10-18(24)11-7-16/h4-11,14H,2-3,12-13H2,1H3/t14-/m1/s1. The zero-order valence-electron chi connectivity index (χ0n) is 15.9. The average molecular weight is 398 g/mol. The van der Waals surface area contributed by atoms with Crippen molar-refractivity contribution in [3.05, 3.63) is 71.6 Å². The molecule has 1 aliphatic rings. The summed E-state index contributed by atoms with van der Waals surface area (Å²) in [5, 5.41) is 7.92. The van der Waals surface area contributed by atoms with Crippen LogP contribution in [0.3, 0.4) is 0 Å². The van der Waals surface area contributed by atoms with Gasteiger partial charge in [0, 0.05) is 5.56 Å². The Labute approximate surface area is 166 Å². The number of aromatic nitrogens is 2. The Morgan fingerprint density at radius 1 is 1.00 bits per heavy atom. The third kappa shape index (κ3) is 3.77. The van der Waals surface area contributed by atoms with Gasteiger partial charge in [-0.25, -0.2) is 8.78 Å². The first kappa shape index (κ1) is 19.2. The van der Waals surface area contributed by atoms with Crippen LogP contribution < -0.4 is 0 Å². The summed E-state index contributed by atoms with van der Waals surface area (Å²) < 4.78 is 37.7. The SMILES string of the molecule is C[C@@H](OC(=O)C1(c2ccc(F)cc2)CCCC1)c1nnc(-c2ccc(F)cc2)o1. The Morgan fingerprint density at radius 2 is 1.59 bits per heavy atom. The molecule has 7 heteroatoms. The molecule has 0 bridgehead atoms. The Kier molecular flexibility index (Phi) is 5.13. The highest BCUT2D eigenvalue weighted by Gasteiger charge is 2.45. The van der Waals surface area contributed by atoms with E-state index in [1.54, 1.807) is 19.1 Å². The monoisotopic (exact) mass is 398 g/mol. The van der Waals surface area contributed by atoms with Gasteiger partial charge in [-0.15, -0.1) is 10.2 Å². The van der Waals surface area contributed by atoms with E-state index in [1.165, 1.54) is 36.4 Å². The second-order valence-electron chi connectivity index (χ2n) is 7.30. The van der Waals surface area contributed by atoms with Crippen LogP contribution in [-0.2, 0) is 14.9 Å². The zero-order chi connectivity index (χ0) is 20.4. The first-order chi connectivity index (χ1) is 14.0. The predicted octanol–water partition coefficient (Wildman–Crippen LogP) is 5.13. The number of nitrogens with zero attached hydrogens (tertiary/aromatic N) is 2. The summed E-state index contributed by atoms with van der Waals surface area (Å²) in [6.07, 6.45) is 2.35. The summed E-state index contributed by atoms with van der Waals surface area (Å²) in [5.74, 6) is -0.709. The molecule has 1 atom stereocenters. The van der Waals surface area contributed by atoms with Crippen LogP contribution in [0.2, 0.25) is 0 Å². The van der Waals surface area contributed by atoms with E-state index < -0.39 is 11.5 Å². The summed E-state index contributed by atoms with van der Waals surface area (Å²) in [6.45, 7) is 1.66. The largest absolute Gasteiger partial charge is 0.452 e. The summed E-state index contributed by atoms with van der Waals surface area (Å²) in [6, 6.07) is 11.7. The minimum absolute atomic E-state index is 0.157. The third-order valence-electron chi connectivity index (χ3n) is 5.41. The van der Waals surface area contributed by atoms with Crippen molar-refractivity contribution in [3.63, 3.8) is 0 Å². The van der Waals surface area contributed by atoms with Crippen molar-refractivity contribution in [2.24, 2.45) is 0 Å². The normalized spacial score (nSPS) is 16.5. The molecule has 150 valence electrons. The molecular weight excluding hydrogens is 378 g/mol. The fourth-order valence-corrected chi connectivity index (χ4v) is 3.79. The number of esters is 1. The number of benzene rings is 2. The van der Waals surface area contributed by atoms with Crippen LogP contribution in [-0.4, -0.2) is 16.2 Å². The van der Waals surface area contributed by atoms with Crippen molar-refractivity contribution < 1.29 is 22.7 Å². The molecular formula is C22H20F2N2O3. The lowest BCUT2D eigenvalue weighted by Gasteiger charge is -2.28. The maximum Gasteiger partial charge on any atom is 0.317 e. The molecule has 0 saturated heterocycles. The zero-order valence-corrected chi connectivity index (χ0v) is 15.9. The summed E-state index contributed by atoms with van der Waals surface area (Å²) >= 11 is 0. The van der Waals surface area contributed by atoms with E-state index in [0.29, 0.717) is 18.4 Å². The minimum atomic E-state index is -0.790. The molecule has 1 saturated carbocycles. The Bertz CT molecular complexity index is 994. The highest BCUT2D eigenvalue weighted by molar-refractivity contribution is 5.83. The first-order valence-corrected chi connectivity index (χ1v) is 9.54. The Morgan fingerprint density at radius 3 is 2.21 bits per heavy atom. The van der Waals surface area contributed by atoms with Gasteiger partial charge in [-0.05, 0) is 61.7 Å². The minimum Gasteiger partial charge on any atom is -0.452 e. The lowest BCUT2D eigenvalue weighted by Crippen LogP contribution is -2.35. The molecule has 1 heterocycles. The highest BCUT2D eigenvalue weighted by Crippen LogP contribution is 2.43. The van der Waals surface area contributed by atoms with Crippen molar-refractivity contribution in [3.8, 4) is 11.5 Å². The maximum absolute atomic E-state index is 13.3. The quantitative estimate of drug-likeness (QED) is 0.558. The molecule has 2 aromatic carbocycles. The molecule has 0 unspecified atom stereocenters. The molecule has 4 rings (SSSR count). The first-order valence-electron chi connectivity index (χ1n) is 9.54. The molecule has 1 aromatic heterocycles. The molecule has 29 heavy (non-hydrogen) atoms. The lowest BCUT2D eigenvalue weighted by molar-refractivity contribution is -0.156. The average Bonchev–Trinajstić information content (AvgIpc) is 3.40. The summed E-state index contributed by atoms with van der Waals surface area (Å²) in [5.41, 5.74) is 0.537. The third-order valence-corrected chi connectivity index (χ3v) is 5.41. The van der Waals surface area contributed by atoms with E-state index in [1.807, 2.05) is 0 Å². The van der Waals surface area contributed by atoms with Crippen molar-refractivity contribution in [1.29, 1.82) is 0 Å². The summed E-state index contributed by atoms with van der Waals surface area (Å²) in [4.78, 5) is 13.1. The number of carbonyl (C=O) groups is 1. The van der Waals surface area contributed by atoms with E-state index in [4.69, 9.17) is 9.15 Å². The number of hydrogen-bond acceptors (Lipinski definition) is 5. The highest BCUT2D eigenvalue weighted by atomic mass is 19.1. The summed E-state index contributed by atoms with van der Waals surface area (Å²) in [7, 11) is 0. The molecule has 1 fully saturated rings. The molecule has 0 radical (unpaired) electrons. The van der Waals surface area contributed by atoms with Crippen LogP contribution in [0, 0.1) is 11.6 Å². The number of ether oxygens (including phenoxy) is 1. The topological polar surface area (TPSA) is 65.2 Å². The molecule has 1 aliphatic carbocycles. The van der Waals surface area contributed by atoms with Gasteiger partial charge in [0.05, 0.1) is 5.41 Å². The van der Waals surface area contributed by atoms with Crippen molar-refractivity contribution in [2.45, 2.75) is 44.1 Å². The maximum atomic E-state index is 13.3. The molecule has 0 spiro atoms. The van der Waals surface area contributed by atoms with Gasteiger partial charge in [0.15, 0.2) is 6.10 Å². The van der Waals surface area contributed by atoms with Gasteiger partial charge in [-0.2, -0.15) is 0 Å². The van der Waals surface area contributed by atoms with E-state index in [0.717, 1.165) is 18.4 Å². The van der Waals surface area contributed by atoms with Crippen molar-refractivity contribution in [2.75, 3.05) is 0 Å². The van der Waals surface area contributed by atoms with E-state index in [2.05, 4.69) is 10.2 Å². The number of rotatable bonds is 5. The molecule has 0 N–H and O–H groups in total. The fourth-order valence-electron chi connectivity index (χ4n) is 3.79. The molecule has 0 aliphatic heterocycles. The number of carbonyl (C=O) groups excluding carboxylic acids is 1. The Balaban J connectivity index is 1.52. The van der Waals surface area contributed by atoms with E-state index in [9.17, 15) is 13.6 Å². The van der Waals surface area contributed by atoms with Gasteiger partial charge in [-0.1, -0.05) is 25.0 Å². The van der Waals surface area contributed by atoms with Crippen LogP contribution in [0.5, 0.6) is 0 Å².